The van der Waals surface area contributed by atoms with Gasteiger partial charge in [0.2, 0.25) is 5.78 Å². The van der Waals surface area contributed by atoms with Gasteiger partial charge in [-0.1, -0.05) is 23.7 Å². The Morgan fingerprint density at radius 3 is 2.65 bits per heavy atom. The van der Waals surface area contributed by atoms with Crippen LogP contribution in [0.2, 0.25) is 5.15 Å². The van der Waals surface area contributed by atoms with Crippen molar-refractivity contribution in [3.63, 3.8) is 0 Å². The first-order valence-corrected chi connectivity index (χ1v) is 7.03. The second kappa shape index (κ2) is 6.02. The second-order valence-electron chi connectivity index (χ2n) is 4.73. The molecule has 0 unspecified atom stereocenters. The highest BCUT2D eigenvalue weighted by molar-refractivity contribution is 6.33. The van der Waals surface area contributed by atoms with E-state index in [2.05, 4.69) is 4.98 Å². The Kier molecular flexibility index (Phi) is 3.91. The number of non-ortho nitro benzene ring substituents is 1. The van der Waals surface area contributed by atoms with Gasteiger partial charge in [-0.05, 0) is 35.9 Å². The molecule has 0 radical (unpaired) electrons. The van der Waals surface area contributed by atoms with Gasteiger partial charge in [-0.25, -0.2) is 4.98 Å². The van der Waals surface area contributed by atoms with Crippen molar-refractivity contribution in [2.24, 2.45) is 0 Å². The number of imidazole rings is 1. The first-order chi connectivity index (χ1) is 11.1. The number of carbonyl (C=O) groups is 1. The van der Waals surface area contributed by atoms with Crippen molar-refractivity contribution in [3.05, 3.63) is 81.3 Å². The van der Waals surface area contributed by atoms with E-state index < -0.39 is 4.92 Å². The molecule has 0 spiro atoms. The fourth-order valence-corrected chi connectivity index (χ4v) is 2.42. The SMILES string of the molecule is O=C(/C=C/c1ccc([N+](=O)[O-])cc1)c1c(Cl)nc2ccccn12. The molecule has 0 aliphatic rings. The van der Waals surface area contributed by atoms with Crippen LogP contribution in [0.15, 0.2) is 54.7 Å². The third-order valence-corrected chi connectivity index (χ3v) is 3.52. The Hall–Kier alpha value is -2.99. The highest BCUT2D eigenvalue weighted by atomic mass is 35.5. The number of carbonyl (C=O) groups excluding carboxylic acids is 1. The Labute approximate surface area is 135 Å². The van der Waals surface area contributed by atoms with E-state index in [1.165, 1.54) is 18.2 Å². The lowest BCUT2D eigenvalue weighted by Gasteiger charge is -1.98. The Bertz CT molecular complexity index is 929. The van der Waals surface area contributed by atoms with Crippen molar-refractivity contribution in [3.8, 4) is 0 Å². The minimum Gasteiger partial charge on any atom is -0.295 e. The van der Waals surface area contributed by atoms with Gasteiger partial charge in [0.1, 0.15) is 11.3 Å². The third-order valence-electron chi connectivity index (χ3n) is 3.25. The largest absolute Gasteiger partial charge is 0.295 e. The molecule has 0 aliphatic carbocycles. The summed E-state index contributed by atoms with van der Waals surface area (Å²) in [6.45, 7) is 0. The lowest BCUT2D eigenvalue weighted by atomic mass is 10.1. The summed E-state index contributed by atoms with van der Waals surface area (Å²) in [5.41, 5.74) is 1.54. The summed E-state index contributed by atoms with van der Waals surface area (Å²) in [4.78, 5) is 26.6. The number of benzene rings is 1. The predicted octanol–water partition coefficient (Wildman–Crippen LogP) is 3.79. The van der Waals surface area contributed by atoms with Crippen molar-refractivity contribution in [1.82, 2.24) is 9.38 Å². The summed E-state index contributed by atoms with van der Waals surface area (Å²) in [5, 5.41) is 10.7. The van der Waals surface area contributed by atoms with Gasteiger partial charge in [0.15, 0.2) is 5.15 Å². The number of hydrogen-bond donors (Lipinski definition) is 0. The number of ketones is 1. The van der Waals surface area contributed by atoms with Crippen LogP contribution in [0, 0.1) is 10.1 Å². The van der Waals surface area contributed by atoms with Gasteiger partial charge in [-0.2, -0.15) is 0 Å². The Balaban J connectivity index is 1.88. The maximum absolute atomic E-state index is 12.3. The van der Waals surface area contributed by atoms with Gasteiger partial charge in [-0.3, -0.25) is 19.3 Å². The van der Waals surface area contributed by atoms with Crippen LogP contribution in [0.4, 0.5) is 5.69 Å². The number of fused-ring (bicyclic) bond motifs is 1. The van der Waals surface area contributed by atoms with E-state index in [9.17, 15) is 14.9 Å². The topological polar surface area (TPSA) is 77.5 Å². The van der Waals surface area contributed by atoms with Crippen LogP contribution < -0.4 is 0 Å². The molecule has 0 fully saturated rings. The number of allylic oxidation sites excluding steroid dienone is 1. The molecule has 3 aromatic rings. The number of halogens is 1. The summed E-state index contributed by atoms with van der Waals surface area (Å²) in [5.74, 6) is -0.299. The number of nitro groups is 1. The second-order valence-corrected chi connectivity index (χ2v) is 5.08. The van der Waals surface area contributed by atoms with E-state index in [1.54, 1.807) is 47.0 Å². The minimum absolute atomic E-state index is 0.00157. The fraction of sp³-hybridized carbons (Fsp3) is 0. The first-order valence-electron chi connectivity index (χ1n) is 6.66. The average Bonchev–Trinajstić information content (AvgIpc) is 2.88. The van der Waals surface area contributed by atoms with Crippen LogP contribution in [-0.4, -0.2) is 20.1 Å². The zero-order chi connectivity index (χ0) is 16.4. The molecule has 0 N–H and O–H groups in total. The van der Waals surface area contributed by atoms with Gasteiger partial charge in [0.05, 0.1) is 4.92 Å². The van der Waals surface area contributed by atoms with Crippen molar-refractivity contribution in [2.75, 3.05) is 0 Å². The number of hydrogen-bond acceptors (Lipinski definition) is 4. The van der Waals surface area contributed by atoms with E-state index in [4.69, 9.17) is 11.6 Å². The third kappa shape index (κ3) is 2.97. The molecule has 0 saturated carbocycles. The highest BCUT2D eigenvalue weighted by Gasteiger charge is 2.15. The molecule has 6 nitrogen and oxygen atoms in total. The van der Waals surface area contributed by atoms with Crippen molar-refractivity contribution >= 4 is 34.8 Å². The van der Waals surface area contributed by atoms with Crippen LogP contribution in [-0.2, 0) is 0 Å². The van der Waals surface area contributed by atoms with Crippen LogP contribution in [0.5, 0.6) is 0 Å². The standard InChI is InChI=1S/C16H10ClN3O3/c17-16-15(19-10-2-1-3-14(19)18-16)13(21)9-6-11-4-7-12(8-5-11)20(22)23/h1-10H/b9-6+. The molecule has 1 aromatic carbocycles. The van der Waals surface area contributed by atoms with Crippen molar-refractivity contribution < 1.29 is 9.72 Å². The quantitative estimate of drug-likeness (QED) is 0.316. The summed E-state index contributed by atoms with van der Waals surface area (Å²) in [7, 11) is 0. The number of nitro benzene ring substituents is 1. The molecule has 2 heterocycles. The van der Waals surface area contributed by atoms with Crippen LogP contribution in [0.25, 0.3) is 11.7 Å². The number of rotatable bonds is 4. The maximum atomic E-state index is 12.3. The minimum atomic E-state index is -0.475. The van der Waals surface area contributed by atoms with Crippen molar-refractivity contribution in [1.29, 1.82) is 0 Å². The zero-order valence-electron chi connectivity index (χ0n) is 11.7. The zero-order valence-corrected chi connectivity index (χ0v) is 12.5. The van der Waals surface area contributed by atoms with Gasteiger partial charge in [0.25, 0.3) is 5.69 Å². The number of aromatic nitrogens is 2. The van der Waals surface area contributed by atoms with Gasteiger partial charge >= 0.3 is 0 Å². The lowest BCUT2D eigenvalue weighted by molar-refractivity contribution is -0.384. The summed E-state index contributed by atoms with van der Waals surface area (Å²) in [6.07, 6.45) is 4.65. The van der Waals surface area contributed by atoms with Gasteiger partial charge in [-0.15, -0.1) is 0 Å². The van der Waals surface area contributed by atoms with Crippen LogP contribution in [0.3, 0.4) is 0 Å². The Morgan fingerprint density at radius 2 is 1.96 bits per heavy atom. The molecule has 2 aromatic heterocycles. The summed E-state index contributed by atoms with van der Waals surface area (Å²) < 4.78 is 1.62. The van der Waals surface area contributed by atoms with Crippen LogP contribution in [0.1, 0.15) is 16.1 Å². The smallest absolute Gasteiger partial charge is 0.269 e. The monoisotopic (exact) mass is 327 g/mol. The Morgan fingerprint density at radius 1 is 1.22 bits per heavy atom. The predicted molar refractivity (Wildman–Crippen MR) is 86.7 cm³/mol. The molecule has 3 rings (SSSR count). The fourth-order valence-electron chi connectivity index (χ4n) is 2.15. The molecule has 0 atom stereocenters. The van der Waals surface area contributed by atoms with E-state index >= 15 is 0 Å². The molecular formula is C16H10ClN3O3. The van der Waals surface area contributed by atoms with E-state index in [-0.39, 0.29) is 22.3 Å². The summed E-state index contributed by atoms with van der Waals surface area (Å²) in [6, 6.07) is 11.2. The first kappa shape index (κ1) is 14.9. The van der Waals surface area contributed by atoms with E-state index in [1.807, 2.05) is 0 Å². The molecule has 0 bridgehead atoms. The lowest BCUT2D eigenvalue weighted by Crippen LogP contribution is -2.00. The molecule has 0 saturated heterocycles. The summed E-state index contributed by atoms with van der Waals surface area (Å²) >= 11 is 6.04. The van der Waals surface area contributed by atoms with Crippen molar-refractivity contribution in [2.45, 2.75) is 0 Å². The molecular weight excluding hydrogens is 318 g/mol. The maximum Gasteiger partial charge on any atom is 0.269 e. The molecule has 0 aliphatic heterocycles. The van der Waals surface area contributed by atoms with E-state index in [0.717, 1.165) is 0 Å². The molecule has 114 valence electrons. The molecule has 0 amide bonds. The van der Waals surface area contributed by atoms with Gasteiger partial charge < -0.3 is 0 Å². The van der Waals surface area contributed by atoms with E-state index in [0.29, 0.717) is 11.2 Å². The number of nitrogens with zero attached hydrogens (tertiary/aromatic N) is 3. The molecule has 23 heavy (non-hydrogen) atoms. The average molecular weight is 328 g/mol. The normalized spacial score (nSPS) is 11.2. The van der Waals surface area contributed by atoms with Crippen LogP contribution >= 0.6 is 11.6 Å². The van der Waals surface area contributed by atoms with Gasteiger partial charge in [0, 0.05) is 18.3 Å². The number of pyridine rings is 1. The molecule has 7 heteroatoms. The highest BCUT2D eigenvalue weighted by Crippen LogP contribution is 2.19.